The van der Waals surface area contributed by atoms with Crippen LogP contribution in [0.2, 0.25) is 0 Å². The average molecular weight is 1020 g/mol. The molecule has 0 aliphatic heterocycles. The minimum Gasteiger partial charge on any atom is -0.481 e. The first-order valence-corrected chi connectivity index (χ1v) is 24.2. The lowest BCUT2D eigenvalue weighted by Crippen LogP contribution is -2.45. The van der Waals surface area contributed by atoms with Gasteiger partial charge in [0.2, 0.25) is 51.4 Å². The third kappa shape index (κ3) is 30.6. The van der Waals surface area contributed by atoms with Crippen molar-refractivity contribution < 1.29 is 86.0 Å². The summed E-state index contributed by atoms with van der Waals surface area (Å²) >= 11 is 0. The van der Waals surface area contributed by atoms with Crippen molar-refractivity contribution in [3.05, 3.63) is 35.4 Å². The van der Waals surface area contributed by atoms with Crippen molar-refractivity contribution in [3.8, 4) is 0 Å². The van der Waals surface area contributed by atoms with Crippen molar-refractivity contribution in [1.29, 1.82) is 0 Å². The average Bonchev–Trinajstić information content (AvgIpc) is 3.27. The van der Waals surface area contributed by atoms with Crippen molar-refractivity contribution in [3.63, 3.8) is 0 Å². The molecule has 27 heteroatoms. The molecule has 70 heavy (non-hydrogen) atoms. The van der Waals surface area contributed by atoms with Gasteiger partial charge in [0, 0.05) is 63.7 Å². The first-order chi connectivity index (χ1) is 33.1. The predicted octanol–water partition coefficient (Wildman–Crippen LogP) is -1.91. The topological polar surface area (TPSA) is 411 Å². The Morgan fingerprint density at radius 1 is 0.543 bits per heavy atom. The maximum Gasteiger partial charge on any atom is 0.326 e. The van der Waals surface area contributed by atoms with E-state index in [0.717, 1.165) is 5.56 Å². The third-order valence-corrected chi connectivity index (χ3v) is 11.1. The predicted molar refractivity (Wildman–Crippen MR) is 246 cm³/mol. The number of unbranched alkanes of at least 4 members (excludes halogenated alkanes) is 1. The van der Waals surface area contributed by atoms with Crippen LogP contribution >= 0.6 is 0 Å². The van der Waals surface area contributed by atoms with Crippen LogP contribution in [-0.4, -0.2) is 159 Å². The lowest BCUT2D eigenvalue weighted by Gasteiger charge is -2.17. The highest BCUT2D eigenvalue weighted by Gasteiger charge is 2.25. The number of aryl methyl sites for hydroxylation is 1. The largest absolute Gasteiger partial charge is 0.481 e. The van der Waals surface area contributed by atoms with E-state index in [-0.39, 0.29) is 110 Å². The molecule has 0 aromatic heterocycles. The van der Waals surface area contributed by atoms with E-state index in [0.29, 0.717) is 24.9 Å². The molecule has 0 spiro atoms. The number of carbonyl (C=O) groups excluding carboxylic acids is 8. The summed E-state index contributed by atoms with van der Waals surface area (Å²) in [6, 6.07) is 3.17. The summed E-state index contributed by atoms with van der Waals surface area (Å²) in [5.74, 6) is -9.65. The van der Waals surface area contributed by atoms with E-state index in [1.807, 2.05) is 19.1 Å². The molecule has 0 aliphatic rings. The van der Waals surface area contributed by atoms with Crippen molar-refractivity contribution in [2.75, 3.05) is 51.8 Å². The number of primary amides is 1. The van der Waals surface area contributed by atoms with Crippen LogP contribution in [-0.2, 0) is 67.4 Å². The Labute approximate surface area is 404 Å². The molecular formula is C43H66N8O18S. The van der Waals surface area contributed by atoms with Gasteiger partial charge >= 0.3 is 17.9 Å². The molecule has 1 rings (SSSR count). The summed E-state index contributed by atoms with van der Waals surface area (Å²) in [5.41, 5.74) is 6.99. The van der Waals surface area contributed by atoms with Crippen molar-refractivity contribution in [2.24, 2.45) is 5.73 Å². The molecule has 3 atom stereocenters. The SMILES string of the molecule is Cc1ccc(C(=O)NCCCC[C@H](NC(=O)COCCOCCNC(=O)CC[C@H](NC(=O)CC[C@H](NC(=O)CCCNC(=O)CCCS(=O)(=O)NC(=O)CCCC(=O)O)C(=O)O)C(=O)O)C(N)=O)cc1. The highest BCUT2D eigenvalue weighted by molar-refractivity contribution is 7.90. The Morgan fingerprint density at radius 3 is 1.69 bits per heavy atom. The highest BCUT2D eigenvalue weighted by Crippen LogP contribution is 2.06. The van der Waals surface area contributed by atoms with Crippen LogP contribution in [0.25, 0.3) is 0 Å². The summed E-state index contributed by atoms with van der Waals surface area (Å²) < 4.78 is 36.4. The van der Waals surface area contributed by atoms with E-state index in [9.17, 15) is 71.4 Å². The number of hydrogen-bond acceptors (Lipinski definition) is 15. The molecule has 0 saturated heterocycles. The Balaban J connectivity index is 2.24. The van der Waals surface area contributed by atoms with E-state index < -0.39 is 106 Å². The van der Waals surface area contributed by atoms with Gasteiger partial charge in [0.25, 0.3) is 5.91 Å². The zero-order chi connectivity index (χ0) is 52.5. The standard InChI is InChI=1S/C43H66N8O18S/c1-28-12-14-29(15-13-28)41(61)47-20-3-2-7-30(40(44)60)48-38(57)27-69-25-24-68-23-22-46-34(53)18-16-31(42(62)63)50-36(55)19-17-32(43(64)65)49-35(54)9-5-21-45-33(52)10-6-26-70(66,67)51-37(56)8-4-11-39(58)59/h12-15,30-32H,2-11,16-27H2,1H3,(H2,44,60)(H,45,52)(H,46,53)(H,47,61)(H,48,57)(H,49,54)(H,50,55)(H,51,56)(H,58,59)(H,62,63)(H,64,65)/t30-,31-,32-/m0/s1. The molecule has 0 heterocycles. The number of carboxylic acids is 3. The number of nitrogens with one attached hydrogen (secondary N) is 7. The molecule has 0 radical (unpaired) electrons. The van der Waals surface area contributed by atoms with Crippen LogP contribution in [0.4, 0.5) is 0 Å². The molecule has 0 aliphatic carbocycles. The summed E-state index contributed by atoms with van der Waals surface area (Å²) in [5, 5.41) is 42.4. The van der Waals surface area contributed by atoms with Gasteiger partial charge in [-0.2, -0.15) is 0 Å². The van der Waals surface area contributed by atoms with Gasteiger partial charge in [0.05, 0.1) is 25.6 Å². The molecule has 1 aromatic carbocycles. The van der Waals surface area contributed by atoms with Gasteiger partial charge in [0.15, 0.2) is 0 Å². The van der Waals surface area contributed by atoms with Crippen LogP contribution in [0.5, 0.6) is 0 Å². The van der Waals surface area contributed by atoms with Gasteiger partial charge in [-0.1, -0.05) is 17.7 Å². The number of ether oxygens (including phenoxy) is 2. The molecule has 8 amide bonds. The monoisotopic (exact) mass is 1010 g/mol. The fourth-order valence-corrected chi connectivity index (χ4v) is 7.08. The molecule has 0 saturated carbocycles. The first-order valence-electron chi connectivity index (χ1n) is 22.5. The number of carbonyl (C=O) groups is 11. The number of amides is 8. The van der Waals surface area contributed by atoms with Gasteiger partial charge in [-0.15, -0.1) is 0 Å². The van der Waals surface area contributed by atoms with E-state index in [1.54, 1.807) is 16.9 Å². The molecule has 1 aromatic rings. The van der Waals surface area contributed by atoms with Crippen LogP contribution < -0.4 is 42.4 Å². The minimum atomic E-state index is -4.04. The Bertz CT molecular complexity index is 2040. The maximum absolute atomic E-state index is 12.5. The summed E-state index contributed by atoms with van der Waals surface area (Å²) in [7, 11) is -4.04. The number of nitrogens with two attached hydrogens (primary N) is 1. The molecule has 392 valence electrons. The van der Waals surface area contributed by atoms with E-state index in [4.69, 9.17) is 20.3 Å². The summed E-state index contributed by atoms with van der Waals surface area (Å²) in [6.07, 6.45) is -1.38. The Kier molecular flexibility index (Phi) is 30.2. The number of benzene rings is 1. The van der Waals surface area contributed by atoms with E-state index >= 15 is 0 Å². The molecule has 26 nitrogen and oxygen atoms in total. The second kappa shape index (κ2) is 34.5. The van der Waals surface area contributed by atoms with Crippen molar-refractivity contribution in [1.82, 2.24) is 36.6 Å². The Hall–Kier alpha value is -6.74. The quantitative estimate of drug-likeness (QED) is 0.0321. The van der Waals surface area contributed by atoms with Gasteiger partial charge in [-0.25, -0.2) is 18.0 Å². The number of sulfonamides is 1. The van der Waals surface area contributed by atoms with E-state index in [1.165, 1.54) is 0 Å². The normalized spacial score (nSPS) is 12.2. The minimum absolute atomic E-state index is 0.000204. The number of hydrogen-bond donors (Lipinski definition) is 11. The van der Waals surface area contributed by atoms with Gasteiger partial charge in [-0.3, -0.25) is 47.9 Å². The van der Waals surface area contributed by atoms with Gasteiger partial charge in [0.1, 0.15) is 24.7 Å². The maximum atomic E-state index is 12.5. The summed E-state index contributed by atoms with van der Waals surface area (Å²) in [6.45, 7) is 2.01. The zero-order valence-electron chi connectivity index (χ0n) is 39.0. The molecule has 0 bridgehead atoms. The second-order valence-electron chi connectivity index (χ2n) is 15.8. The molecule has 0 unspecified atom stereocenters. The van der Waals surface area contributed by atoms with Crippen molar-refractivity contribution >= 4 is 75.2 Å². The fourth-order valence-electron chi connectivity index (χ4n) is 6.00. The van der Waals surface area contributed by atoms with Crippen LogP contribution in [0.3, 0.4) is 0 Å². The van der Waals surface area contributed by atoms with Gasteiger partial charge < -0.3 is 62.4 Å². The van der Waals surface area contributed by atoms with E-state index in [2.05, 4.69) is 31.9 Å². The van der Waals surface area contributed by atoms with Crippen LogP contribution in [0.15, 0.2) is 24.3 Å². The van der Waals surface area contributed by atoms with Gasteiger partial charge in [-0.05, 0) is 70.4 Å². The van der Waals surface area contributed by atoms with Crippen molar-refractivity contribution in [2.45, 2.75) is 115 Å². The second-order valence-corrected chi connectivity index (χ2v) is 17.6. The zero-order valence-corrected chi connectivity index (χ0v) is 39.9. The fraction of sp³-hybridized carbons (Fsp3) is 0.605. The lowest BCUT2D eigenvalue weighted by molar-refractivity contribution is -0.143. The molecule has 0 fully saturated rings. The number of aliphatic carboxylic acids is 3. The van der Waals surface area contributed by atoms with Crippen LogP contribution in [0.1, 0.15) is 106 Å². The highest BCUT2D eigenvalue weighted by atomic mass is 32.2. The number of rotatable bonds is 39. The lowest BCUT2D eigenvalue weighted by atomic mass is 10.1. The molecular weight excluding hydrogens is 949 g/mol. The first kappa shape index (κ1) is 61.3. The van der Waals surface area contributed by atoms with Crippen LogP contribution in [0, 0.1) is 6.92 Å². The number of carboxylic acid groups (broad SMARTS) is 3. The molecule has 12 N–H and O–H groups in total. The Morgan fingerprint density at radius 2 is 1.07 bits per heavy atom. The summed E-state index contributed by atoms with van der Waals surface area (Å²) in [4.78, 5) is 131. The third-order valence-electron chi connectivity index (χ3n) is 9.74. The smallest absolute Gasteiger partial charge is 0.326 e.